The highest BCUT2D eigenvalue weighted by Gasteiger charge is 2.26. The molecule has 1 aromatic carbocycles. The first kappa shape index (κ1) is 18.2. The van der Waals surface area contributed by atoms with Crippen molar-refractivity contribution in [2.45, 2.75) is 35.1 Å². The van der Waals surface area contributed by atoms with Gasteiger partial charge in [-0.2, -0.15) is 4.31 Å². The molecule has 10 heteroatoms. The predicted octanol–water partition coefficient (Wildman–Crippen LogP) is 3.19. The minimum Gasteiger partial charge on any atom is -0.411 e. The highest BCUT2D eigenvalue weighted by molar-refractivity contribution is 7.98. The van der Waals surface area contributed by atoms with Crippen LogP contribution in [-0.4, -0.2) is 41.2 Å². The van der Waals surface area contributed by atoms with E-state index in [-0.39, 0.29) is 10.8 Å². The molecule has 0 amide bonds. The van der Waals surface area contributed by atoms with E-state index in [0.717, 1.165) is 25.0 Å². The number of thioether (sulfide) groups is 1. The van der Waals surface area contributed by atoms with E-state index in [4.69, 9.17) is 8.94 Å². The fraction of sp³-hybridized carbons (Fsp3) is 0.353. The Morgan fingerprint density at radius 1 is 1.11 bits per heavy atom. The van der Waals surface area contributed by atoms with Crippen LogP contribution in [0.3, 0.4) is 0 Å². The lowest BCUT2D eigenvalue weighted by atomic mass is 10.2. The topological polar surface area (TPSA) is 102 Å². The van der Waals surface area contributed by atoms with E-state index in [2.05, 4.69) is 15.4 Å². The molecule has 0 radical (unpaired) electrons. The van der Waals surface area contributed by atoms with Crippen LogP contribution in [0.25, 0.3) is 11.5 Å². The second-order valence-electron chi connectivity index (χ2n) is 6.15. The van der Waals surface area contributed by atoms with E-state index in [1.165, 1.54) is 18.0 Å². The van der Waals surface area contributed by atoms with Crippen LogP contribution in [0.2, 0.25) is 0 Å². The molecule has 0 saturated carbocycles. The van der Waals surface area contributed by atoms with E-state index >= 15 is 0 Å². The van der Waals surface area contributed by atoms with Crippen LogP contribution in [0.1, 0.15) is 25.0 Å². The number of sulfonamides is 1. The highest BCUT2D eigenvalue weighted by Crippen LogP contribution is 2.28. The smallest absolute Gasteiger partial charge is 0.277 e. The lowest BCUT2D eigenvalue weighted by Crippen LogP contribution is -2.35. The fourth-order valence-corrected chi connectivity index (χ4v) is 5.10. The third-order valence-electron chi connectivity index (χ3n) is 4.28. The van der Waals surface area contributed by atoms with Crippen molar-refractivity contribution in [3.8, 4) is 11.5 Å². The van der Waals surface area contributed by atoms with Crippen LogP contribution < -0.4 is 0 Å². The molecule has 0 spiro atoms. The molecule has 27 heavy (non-hydrogen) atoms. The fourth-order valence-electron chi connectivity index (χ4n) is 2.88. The van der Waals surface area contributed by atoms with Gasteiger partial charge in [-0.15, -0.1) is 10.2 Å². The molecule has 0 aliphatic carbocycles. The second-order valence-corrected chi connectivity index (χ2v) is 9.01. The van der Waals surface area contributed by atoms with Crippen LogP contribution in [0, 0.1) is 0 Å². The van der Waals surface area contributed by atoms with Gasteiger partial charge in [0.15, 0.2) is 0 Å². The Labute approximate surface area is 161 Å². The molecule has 0 unspecified atom stereocenters. The van der Waals surface area contributed by atoms with Crippen LogP contribution in [0.4, 0.5) is 0 Å². The molecule has 2 aromatic heterocycles. The summed E-state index contributed by atoms with van der Waals surface area (Å²) in [5, 5.41) is 12.2. The van der Waals surface area contributed by atoms with E-state index < -0.39 is 10.0 Å². The monoisotopic (exact) mass is 406 g/mol. The maximum Gasteiger partial charge on any atom is 0.277 e. The number of piperidine rings is 1. The molecule has 1 fully saturated rings. The van der Waals surface area contributed by atoms with Crippen molar-refractivity contribution in [1.82, 2.24) is 19.7 Å². The van der Waals surface area contributed by atoms with Crippen molar-refractivity contribution < 1.29 is 17.4 Å². The predicted molar refractivity (Wildman–Crippen MR) is 98.4 cm³/mol. The molecular formula is C17H18N4O4S2. The quantitative estimate of drug-likeness (QED) is 0.575. The summed E-state index contributed by atoms with van der Waals surface area (Å²) >= 11 is 1.34. The molecule has 142 valence electrons. The van der Waals surface area contributed by atoms with E-state index in [1.54, 1.807) is 34.6 Å². The molecule has 1 saturated heterocycles. The van der Waals surface area contributed by atoms with Gasteiger partial charge in [-0.3, -0.25) is 0 Å². The first-order valence-electron chi connectivity index (χ1n) is 8.59. The molecule has 8 nitrogen and oxygen atoms in total. The van der Waals surface area contributed by atoms with Gasteiger partial charge < -0.3 is 8.94 Å². The van der Waals surface area contributed by atoms with E-state index in [9.17, 15) is 8.42 Å². The molecular weight excluding hydrogens is 388 g/mol. The number of hydrogen-bond donors (Lipinski definition) is 0. The van der Waals surface area contributed by atoms with Crippen molar-refractivity contribution in [3.63, 3.8) is 0 Å². The van der Waals surface area contributed by atoms with Crippen molar-refractivity contribution in [1.29, 1.82) is 0 Å². The molecule has 4 rings (SSSR count). The van der Waals surface area contributed by atoms with Crippen LogP contribution in [0.15, 0.2) is 55.7 Å². The Kier molecular flexibility index (Phi) is 5.28. The normalized spacial score (nSPS) is 15.9. The van der Waals surface area contributed by atoms with Crippen LogP contribution in [0.5, 0.6) is 0 Å². The summed E-state index contributed by atoms with van der Waals surface area (Å²) in [5.74, 6) is 0.829. The maximum atomic E-state index is 12.8. The summed E-state index contributed by atoms with van der Waals surface area (Å²) in [4.78, 5) is 0.247. The molecule has 0 N–H and O–H groups in total. The van der Waals surface area contributed by atoms with Gasteiger partial charge in [0.05, 0.1) is 10.6 Å². The van der Waals surface area contributed by atoms with Gasteiger partial charge in [0.25, 0.3) is 5.22 Å². The minimum absolute atomic E-state index is 0.247. The van der Waals surface area contributed by atoms with Gasteiger partial charge in [0.2, 0.25) is 15.9 Å². The first-order chi connectivity index (χ1) is 13.1. The van der Waals surface area contributed by atoms with Gasteiger partial charge in [0.1, 0.15) is 6.26 Å². The molecule has 0 bridgehead atoms. The third-order valence-corrected chi connectivity index (χ3v) is 7.02. The zero-order chi connectivity index (χ0) is 18.7. The van der Waals surface area contributed by atoms with Crippen LogP contribution in [-0.2, 0) is 15.8 Å². The van der Waals surface area contributed by atoms with Crippen molar-refractivity contribution in [2.75, 3.05) is 13.1 Å². The van der Waals surface area contributed by atoms with Crippen molar-refractivity contribution in [2.24, 2.45) is 0 Å². The van der Waals surface area contributed by atoms with Gasteiger partial charge in [0, 0.05) is 30.5 Å². The SMILES string of the molecule is O=S(=O)(c1cccc(-c2nnc(SCc3ccon3)o2)c1)N1CCCCC1. The summed E-state index contributed by atoms with van der Waals surface area (Å²) < 4.78 is 37.7. The molecule has 3 heterocycles. The van der Waals surface area contributed by atoms with Crippen LogP contribution >= 0.6 is 11.8 Å². The largest absolute Gasteiger partial charge is 0.411 e. The number of aromatic nitrogens is 3. The van der Waals surface area contributed by atoms with Gasteiger partial charge in [-0.25, -0.2) is 8.42 Å². The van der Waals surface area contributed by atoms with E-state index in [1.807, 2.05) is 0 Å². The summed E-state index contributed by atoms with van der Waals surface area (Å²) in [5.41, 5.74) is 1.35. The summed E-state index contributed by atoms with van der Waals surface area (Å²) in [6.07, 6.45) is 4.37. The number of nitrogens with zero attached hydrogens (tertiary/aromatic N) is 4. The lowest BCUT2D eigenvalue weighted by molar-refractivity contribution is 0.346. The zero-order valence-electron chi connectivity index (χ0n) is 14.4. The van der Waals surface area contributed by atoms with E-state index in [0.29, 0.717) is 29.6 Å². The number of hydrogen-bond acceptors (Lipinski definition) is 8. The average molecular weight is 406 g/mol. The van der Waals surface area contributed by atoms with Crippen molar-refractivity contribution >= 4 is 21.8 Å². The van der Waals surface area contributed by atoms with Gasteiger partial charge in [-0.1, -0.05) is 29.4 Å². The molecule has 0 atom stereocenters. The lowest BCUT2D eigenvalue weighted by Gasteiger charge is -2.25. The summed E-state index contributed by atoms with van der Waals surface area (Å²) in [6.45, 7) is 1.13. The standard InChI is InChI=1S/C17H18N4O4S2/c22-27(23,21-8-2-1-3-9-21)15-6-4-5-13(11-15)16-18-19-17(25-16)26-12-14-7-10-24-20-14/h4-7,10-11H,1-3,8-9,12H2. The zero-order valence-corrected chi connectivity index (χ0v) is 16.1. The van der Waals surface area contributed by atoms with Gasteiger partial charge >= 0.3 is 0 Å². The molecule has 1 aliphatic rings. The Morgan fingerprint density at radius 3 is 2.74 bits per heavy atom. The molecule has 1 aliphatic heterocycles. The van der Waals surface area contributed by atoms with Gasteiger partial charge in [-0.05, 0) is 31.0 Å². The minimum atomic E-state index is -3.51. The summed E-state index contributed by atoms with van der Waals surface area (Å²) in [6, 6.07) is 8.40. The Morgan fingerprint density at radius 2 is 1.96 bits per heavy atom. The average Bonchev–Trinajstić information content (AvgIpc) is 3.39. The van der Waals surface area contributed by atoms with Crippen molar-refractivity contribution in [3.05, 3.63) is 42.3 Å². The Bertz CT molecular complexity index is 996. The number of rotatable bonds is 6. The number of benzene rings is 1. The Balaban J connectivity index is 1.52. The highest BCUT2D eigenvalue weighted by atomic mass is 32.2. The molecule has 3 aromatic rings. The second kappa shape index (κ2) is 7.83. The summed E-state index contributed by atoms with van der Waals surface area (Å²) in [7, 11) is -3.51. The Hall–Kier alpha value is -2.17. The maximum absolute atomic E-state index is 12.8. The third kappa shape index (κ3) is 4.07. The first-order valence-corrected chi connectivity index (χ1v) is 11.0.